The van der Waals surface area contributed by atoms with Crippen LogP contribution in [0.5, 0.6) is 5.88 Å². The van der Waals surface area contributed by atoms with Crippen LogP contribution in [0.2, 0.25) is 0 Å². The minimum Gasteiger partial charge on any atom is -0.481 e. The van der Waals surface area contributed by atoms with Crippen LogP contribution < -0.4 is 10.5 Å². The van der Waals surface area contributed by atoms with Crippen LogP contribution in [0.1, 0.15) is 37.3 Å². The summed E-state index contributed by atoms with van der Waals surface area (Å²) in [6, 6.07) is 3.88. The van der Waals surface area contributed by atoms with E-state index in [0.717, 1.165) is 51.1 Å². The molecular weight excluding hydrogens is 268 g/mol. The van der Waals surface area contributed by atoms with Gasteiger partial charge >= 0.3 is 0 Å². The summed E-state index contributed by atoms with van der Waals surface area (Å²) in [4.78, 5) is 4.26. The molecule has 2 aliphatic heterocycles. The maximum absolute atomic E-state index is 6.53. The molecule has 0 radical (unpaired) electrons. The van der Waals surface area contributed by atoms with Crippen LogP contribution in [0.15, 0.2) is 18.3 Å². The summed E-state index contributed by atoms with van der Waals surface area (Å²) in [5.74, 6) is 1.03. The Balaban J connectivity index is 1.76. The van der Waals surface area contributed by atoms with E-state index >= 15 is 0 Å². The fourth-order valence-corrected chi connectivity index (χ4v) is 3.55. The maximum Gasteiger partial charge on any atom is 0.217 e. The molecule has 1 aromatic rings. The SMILES string of the molecule is COc1ncccc1C(N)C1CCOC2(CCOCC2)C1. The highest BCUT2D eigenvalue weighted by molar-refractivity contribution is 5.29. The van der Waals surface area contributed by atoms with E-state index in [0.29, 0.717) is 11.8 Å². The van der Waals surface area contributed by atoms with Crippen molar-refractivity contribution in [3.63, 3.8) is 0 Å². The number of rotatable bonds is 3. The average Bonchev–Trinajstić information content (AvgIpc) is 2.55. The molecule has 0 bridgehead atoms. The Morgan fingerprint density at radius 3 is 2.95 bits per heavy atom. The summed E-state index contributed by atoms with van der Waals surface area (Å²) < 4.78 is 16.9. The number of ether oxygens (including phenoxy) is 3. The molecule has 0 aromatic carbocycles. The third kappa shape index (κ3) is 3.05. The minimum atomic E-state index is -0.0581. The molecule has 1 aromatic heterocycles. The zero-order valence-corrected chi connectivity index (χ0v) is 12.6. The first kappa shape index (κ1) is 14.8. The second kappa shape index (κ2) is 6.30. The third-order valence-electron chi connectivity index (χ3n) is 4.80. The molecule has 2 aliphatic rings. The Morgan fingerprint density at radius 1 is 1.38 bits per heavy atom. The van der Waals surface area contributed by atoms with Crippen LogP contribution in [0.25, 0.3) is 0 Å². The maximum atomic E-state index is 6.53. The second-order valence-electron chi connectivity index (χ2n) is 6.02. The van der Waals surface area contributed by atoms with Gasteiger partial charge in [-0.1, -0.05) is 6.07 Å². The number of methoxy groups -OCH3 is 1. The van der Waals surface area contributed by atoms with Gasteiger partial charge in [-0.2, -0.15) is 0 Å². The predicted molar refractivity (Wildman–Crippen MR) is 79.2 cm³/mol. The topological polar surface area (TPSA) is 66.6 Å². The number of pyridine rings is 1. The smallest absolute Gasteiger partial charge is 0.217 e. The van der Waals surface area contributed by atoms with Crippen molar-refractivity contribution in [2.75, 3.05) is 26.9 Å². The lowest BCUT2D eigenvalue weighted by Gasteiger charge is -2.44. The van der Waals surface area contributed by atoms with Crippen LogP contribution in [-0.2, 0) is 9.47 Å². The van der Waals surface area contributed by atoms with Crippen LogP contribution in [0.3, 0.4) is 0 Å². The predicted octanol–water partition coefficient (Wildman–Crippen LogP) is 2.07. The molecule has 2 unspecified atom stereocenters. The van der Waals surface area contributed by atoms with Crippen LogP contribution in [-0.4, -0.2) is 37.5 Å². The number of nitrogens with two attached hydrogens (primary N) is 1. The first-order chi connectivity index (χ1) is 10.2. The molecule has 2 saturated heterocycles. The fraction of sp³-hybridized carbons (Fsp3) is 0.688. The molecule has 21 heavy (non-hydrogen) atoms. The second-order valence-corrected chi connectivity index (χ2v) is 6.02. The zero-order valence-electron chi connectivity index (χ0n) is 12.6. The minimum absolute atomic E-state index is 0.0335. The number of hydrogen-bond donors (Lipinski definition) is 1. The van der Waals surface area contributed by atoms with Gasteiger partial charge in [0.05, 0.1) is 12.7 Å². The normalized spacial score (nSPS) is 26.5. The molecule has 2 atom stereocenters. The fourth-order valence-electron chi connectivity index (χ4n) is 3.55. The molecule has 2 N–H and O–H groups in total. The van der Waals surface area contributed by atoms with E-state index in [2.05, 4.69) is 4.98 Å². The Bertz CT molecular complexity index is 469. The highest BCUT2D eigenvalue weighted by Gasteiger charge is 2.41. The highest BCUT2D eigenvalue weighted by Crippen LogP contribution is 2.42. The van der Waals surface area contributed by atoms with Crippen molar-refractivity contribution >= 4 is 0 Å². The summed E-state index contributed by atoms with van der Waals surface area (Å²) >= 11 is 0. The van der Waals surface area contributed by atoms with Gasteiger partial charge in [-0.3, -0.25) is 0 Å². The van der Waals surface area contributed by atoms with Crippen LogP contribution >= 0.6 is 0 Å². The Labute approximate surface area is 125 Å². The van der Waals surface area contributed by atoms with Gasteiger partial charge in [-0.05, 0) is 37.7 Å². The molecule has 1 spiro atoms. The summed E-state index contributed by atoms with van der Waals surface area (Å²) in [6.07, 6.45) is 5.66. The Kier molecular flexibility index (Phi) is 4.42. The lowest BCUT2D eigenvalue weighted by atomic mass is 9.76. The molecule has 116 valence electrons. The van der Waals surface area contributed by atoms with E-state index in [-0.39, 0.29) is 11.6 Å². The monoisotopic (exact) mass is 292 g/mol. The van der Waals surface area contributed by atoms with Crippen molar-refractivity contribution in [1.82, 2.24) is 4.98 Å². The molecule has 0 amide bonds. The van der Waals surface area contributed by atoms with Crippen molar-refractivity contribution in [1.29, 1.82) is 0 Å². The summed E-state index contributed by atoms with van der Waals surface area (Å²) in [6.45, 7) is 2.36. The van der Waals surface area contributed by atoms with Gasteiger partial charge in [0, 0.05) is 37.6 Å². The standard InChI is InChI=1S/C16H24N2O3/c1-19-15-13(3-2-7-18-15)14(17)12-4-8-21-16(11-12)5-9-20-10-6-16/h2-3,7,12,14H,4-6,8-11,17H2,1H3. The van der Waals surface area contributed by atoms with Crippen molar-refractivity contribution in [3.05, 3.63) is 23.9 Å². The molecule has 2 fully saturated rings. The molecule has 0 saturated carbocycles. The van der Waals surface area contributed by atoms with E-state index in [4.69, 9.17) is 19.9 Å². The van der Waals surface area contributed by atoms with E-state index < -0.39 is 0 Å². The van der Waals surface area contributed by atoms with Gasteiger partial charge in [0.1, 0.15) is 0 Å². The molecule has 3 heterocycles. The first-order valence-electron chi connectivity index (χ1n) is 7.70. The van der Waals surface area contributed by atoms with Crippen LogP contribution in [0.4, 0.5) is 0 Å². The molecule has 5 heteroatoms. The zero-order chi connectivity index (χ0) is 14.7. The molecular formula is C16H24N2O3. The Hall–Kier alpha value is -1.17. The van der Waals surface area contributed by atoms with Gasteiger partial charge in [0.25, 0.3) is 0 Å². The number of aromatic nitrogens is 1. The van der Waals surface area contributed by atoms with Crippen molar-refractivity contribution in [2.45, 2.75) is 37.3 Å². The number of hydrogen-bond acceptors (Lipinski definition) is 5. The van der Waals surface area contributed by atoms with Crippen molar-refractivity contribution in [2.24, 2.45) is 11.7 Å². The van der Waals surface area contributed by atoms with E-state index in [1.54, 1.807) is 13.3 Å². The third-order valence-corrected chi connectivity index (χ3v) is 4.80. The quantitative estimate of drug-likeness (QED) is 0.923. The summed E-state index contributed by atoms with van der Waals surface area (Å²) in [7, 11) is 1.64. The molecule has 5 nitrogen and oxygen atoms in total. The number of nitrogens with zero attached hydrogens (tertiary/aromatic N) is 1. The van der Waals surface area contributed by atoms with Gasteiger partial charge in [0.2, 0.25) is 5.88 Å². The van der Waals surface area contributed by atoms with Gasteiger partial charge in [-0.25, -0.2) is 4.98 Å². The average molecular weight is 292 g/mol. The van der Waals surface area contributed by atoms with Crippen molar-refractivity contribution in [3.8, 4) is 5.88 Å². The first-order valence-corrected chi connectivity index (χ1v) is 7.70. The van der Waals surface area contributed by atoms with E-state index in [1.807, 2.05) is 12.1 Å². The van der Waals surface area contributed by atoms with Gasteiger partial charge in [0.15, 0.2) is 0 Å². The van der Waals surface area contributed by atoms with Crippen LogP contribution in [0, 0.1) is 5.92 Å². The molecule has 0 aliphatic carbocycles. The summed E-state index contributed by atoms with van der Waals surface area (Å²) in [5.41, 5.74) is 7.49. The van der Waals surface area contributed by atoms with Gasteiger partial charge < -0.3 is 19.9 Å². The highest BCUT2D eigenvalue weighted by atomic mass is 16.5. The lowest BCUT2D eigenvalue weighted by molar-refractivity contribution is -0.149. The van der Waals surface area contributed by atoms with E-state index in [9.17, 15) is 0 Å². The summed E-state index contributed by atoms with van der Waals surface area (Å²) in [5, 5.41) is 0. The van der Waals surface area contributed by atoms with E-state index in [1.165, 1.54) is 0 Å². The largest absolute Gasteiger partial charge is 0.481 e. The lowest BCUT2D eigenvalue weighted by Crippen LogP contribution is -2.46. The van der Waals surface area contributed by atoms with Crippen molar-refractivity contribution < 1.29 is 14.2 Å². The Morgan fingerprint density at radius 2 is 2.19 bits per heavy atom. The van der Waals surface area contributed by atoms with Gasteiger partial charge in [-0.15, -0.1) is 0 Å². The molecule has 3 rings (SSSR count).